The van der Waals surface area contributed by atoms with Crippen LogP contribution >= 0.6 is 0 Å². The molecule has 2 rings (SSSR count). The predicted octanol–water partition coefficient (Wildman–Crippen LogP) is 0.977. The molecule has 2 aromatic rings. The van der Waals surface area contributed by atoms with E-state index in [9.17, 15) is 0 Å². The van der Waals surface area contributed by atoms with Gasteiger partial charge in [-0.3, -0.25) is 0 Å². The monoisotopic (exact) mass is 163 g/mol. The van der Waals surface area contributed by atoms with E-state index in [-0.39, 0.29) is 0 Å². The van der Waals surface area contributed by atoms with Crippen LogP contribution in [0.5, 0.6) is 5.88 Å². The number of rotatable bonds is 1. The molecule has 0 aromatic carbocycles. The lowest BCUT2D eigenvalue weighted by Crippen LogP contribution is -1.92. The Morgan fingerprint density at radius 1 is 1.42 bits per heavy atom. The van der Waals surface area contributed by atoms with E-state index in [4.69, 9.17) is 4.74 Å². The predicted molar refractivity (Wildman–Crippen MR) is 45.1 cm³/mol. The molecule has 0 aliphatic heterocycles. The minimum absolute atomic E-state index is 0.618. The summed E-state index contributed by atoms with van der Waals surface area (Å²) < 4.78 is 6.98. The summed E-state index contributed by atoms with van der Waals surface area (Å²) in [5, 5.41) is 0. The number of nitrogens with zero attached hydrogens (tertiary/aromatic N) is 3. The SMILES string of the molecule is COc1nccc2ncn(C)c12. The Bertz CT molecular complexity index is 408. The van der Waals surface area contributed by atoms with Crippen molar-refractivity contribution in [3.05, 3.63) is 18.6 Å². The first-order valence-corrected chi connectivity index (χ1v) is 3.63. The number of methoxy groups -OCH3 is 1. The second kappa shape index (κ2) is 2.48. The molecular formula is C8H9N3O. The standard InChI is InChI=1S/C8H9N3O/c1-11-5-10-6-3-4-9-8(12-2)7(6)11/h3-5H,1-2H3. The maximum atomic E-state index is 5.09. The van der Waals surface area contributed by atoms with E-state index in [1.54, 1.807) is 19.6 Å². The number of imidazole rings is 1. The molecule has 2 aromatic heterocycles. The quantitative estimate of drug-likeness (QED) is 0.629. The lowest BCUT2D eigenvalue weighted by molar-refractivity contribution is 0.401. The van der Waals surface area contributed by atoms with E-state index in [1.807, 2.05) is 17.7 Å². The largest absolute Gasteiger partial charge is 0.479 e. The Morgan fingerprint density at radius 3 is 3.00 bits per heavy atom. The van der Waals surface area contributed by atoms with Gasteiger partial charge in [0.2, 0.25) is 5.88 Å². The molecule has 0 fully saturated rings. The van der Waals surface area contributed by atoms with Crippen LogP contribution in [0.4, 0.5) is 0 Å². The molecule has 0 spiro atoms. The van der Waals surface area contributed by atoms with Crippen LogP contribution in [0.15, 0.2) is 18.6 Å². The van der Waals surface area contributed by atoms with Crippen LogP contribution in [0.1, 0.15) is 0 Å². The van der Waals surface area contributed by atoms with Gasteiger partial charge in [0.05, 0.1) is 19.0 Å². The molecule has 0 N–H and O–H groups in total. The zero-order chi connectivity index (χ0) is 8.55. The number of pyridine rings is 1. The van der Waals surface area contributed by atoms with E-state index in [0.717, 1.165) is 11.0 Å². The second-order valence-electron chi connectivity index (χ2n) is 2.54. The summed E-state index contributed by atoms with van der Waals surface area (Å²) in [4.78, 5) is 8.25. The van der Waals surface area contributed by atoms with E-state index in [2.05, 4.69) is 9.97 Å². The Hall–Kier alpha value is -1.58. The number of aryl methyl sites for hydroxylation is 1. The Kier molecular flexibility index (Phi) is 1.46. The molecule has 4 heteroatoms. The highest BCUT2D eigenvalue weighted by molar-refractivity contribution is 5.79. The fourth-order valence-corrected chi connectivity index (χ4v) is 1.22. The van der Waals surface area contributed by atoms with E-state index in [0.29, 0.717) is 5.88 Å². The summed E-state index contributed by atoms with van der Waals surface area (Å²) in [7, 11) is 3.52. The third kappa shape index (κ3) is 0.845. The molecule has 0 radical (unpaired) electrons. The van der Waals surface area contributed by atoms with Crippen molar-refractivity contribution in [2.45, 2.75) is 0 Å². The van der Waals surface area contributed by atoms with Gasteiger partial charge in [0.25, 0.3) is 0 Å². The third-order valence-electron chi connectivity index (χ3n) is 1.79. The van der Waals surface area contributed by atoms with Crippen molar-refractivity contribution in [1.82, 2.24) is 14.5 Å². The number of ether oxygens (including phenoxy) is 1. The van der Waals surface area contributed by atoms with Crippen LogP contribution in [0.3, 0.4) is 0 Å². The first-order valence-electron chi connectivity index (χ1n) is 3.63. The van der Waals surface area contributed by atoms with Crippen LogP contribution in [0.25, 0.3) is 11.0 Å². The zero-order valence-corrected chi connectivity index (χ0v) is 6.98. The molecule has 12 heavy (non-hydrogen) atoms. The van der Waals surface area contributed by atoms with Gasteiger partial charge in [-0.05, 0) is 6.07 Å². The Labute approximate surface area is 69.8 Å². The highest BCUT2D eigenvalue weighted by Gasteiger charge is 2.05. The number of hydrogen-bond donors (Lipinski definition) is 0. The molecule has 62 valence electrons. The molecule has 4 nitrogen and oxygen atoms in total. The van der Waals surface area contributed by atoms with Crippen molar-refractivity contribution >= 4 is 11.0 Å². The van der Waals surface area contributed by atoms with Gasteiger partial charge in [0.1, 0.15) is 5.52 Å². The number of aromatic nitrogens is 3. The van der Waals surface area contributed by atoms with Gasteiger partial charge in [-0.2, -0.15) is 0 Å². The lowest BCUT2D eigenvalue weighted by Gasteiger charge is -2.00. The van der Waals surface area contributed by atoms with E-state index >= 15 is 0 Å². The van der Waals surface area contributed by atoms with Gasteiger partial charge in [0, 0.05) is 13.2 Å². The van der Waals surface area contributed by atoms with Crippen molar-refractivity contribution < 1.29 is 4.74 Å². The average molecular weight is 163 g/mol. The molecule has 0 saturated heterocycles. The minimum atomic E-state index is 0.618. The van der Waals surface area contributed by atoms with Crippen molar-refractivity contribution in [1.29, 1.82) is 0 Å². The smallest absolute Gasteiger partial charge is 0.239 e. The van der Waals surface area contributed by atoms with Crippen LogP contribution < -0.4 is 4.74 Å². The minimum Gasteiger partial charge on any atom is -0.479 e. The Morgan fingerprint density at radius 2 is 2.25 bits per heavy atom. The van der Waals surface area contributed by atoms with Gasteiger partial charge in [0.15, 0.2) is 0 Å². The topological polar surface area (TPSA) is 39.9 Å². The fourth-order valence-electron chi connectivity index (χ4n) is 1.22. The van der Waals surface area contributed by atoms with Crippen LogP contribution in [-0.4, -0.2) is 21.6 Å². The van der Waals surface area contributed by atoms with Gasteiger partial charge in [-0.15, -0.1) is 0 Å². The lowest BCUT2D eigenvalue weighted by atomic mass is 10.4. The third-order valence-corrected chi connectivity index (χ3v) is 1.79. The summed E-state index contributed by atoms with van der Waals surface area (Å²) in [6.45, 7) is 0. The molecule has 2 heterocycles. The van der Waals surface area contributed by atoms with E-state index in [1.165, 1.54) is 0 Å². The first-order chi connectivity index (χ1) is 5.83. The van der Waals surface area contributed by atoms with Crippen molar-refractivity contribution in [3.8, 4) is 5.88 Å². The van der Waals surface area contributed by atoms with Gasteiger partial charge in [-0.25, -0.2) is 9.97 Å². The maximum Gasteiger partial charge on any atom is 0.239 e. The van der Waals surface area contributed by atoms with Gasteiger partial charge < -0.3 is 9.30 Å². The second-order valence-corrected chi connectivity index (χ2v) is 2.54. The highest BCUT2D eigenvalue weighted by Crippen LogP contribution is 2.20. The summed E-state index contributed by atoms with van der Waals surface area (Å²) in [5.41, 5.74) is 1.84. The molecule has 0 amide bonds. The van der Waals surface area contributed by atoms with Gasteiger partial charge >= 0.3 is 0 Å². The van der Waals surface area contributed by atoms with Crippen LogP contribution in [0, 0.1) is 0 Å². The van der Waals surface area contributed by atoms with Crippen LogP contribution in [-0.2, 0) is 7.05 Å². The van der Waals surface area contributed by atoms with Crippen molar-refractivity contribution in [2.75, 3.05) is 7.11 Å². The Balaban J connectivity index is 2.84. The van der Waals surface area contributed by atoms with Crippen LogP contribution in [0.2, 0.25) is 0 Å². The number of hydrogen-bond acceptors (Lipinski definition) is 3. The fraction of sp³-hybridized carbons (Fsp3) is 0.250. The number of fused-ring (bicyclic) bond motifs is 1. The van der Waals surface area contributed by atoms with Crippen molar-refractivity contribution in [2.24, 2.45) is 7.05 Å². The maximum absolute atomic E-state index is 5.09. The zero-order valence-electron chi connectivity index (χ0n) is 6.98. The molecule has 0 bridgehead atoms. The summed E-state index contributed by atoms with van der Waals surface area (Å²) in [6.07, 6.45) is 3.43. The molecular weight excluding hydrogens is 154 g/mol. The average Bonchev–Trinajstić information content (AvgIpc) is 2.48. The summed E-state index contributed by atoms with van der Waals surface area (Å²) >= 11 is 0. The molecule has 0 aliphatic rings. The molecule has 0 atom stereocenters. The summed E-state index contributed by atoms with van der Waals surface area (Å²) in [5.74, 6) is 0.618. The summed E-state index contributed by atoms with van der Waals surface area (Å²) in [6, 6.07) is 1.86. The van der Waals surface area contributed by atoms with E-state index < -0.39 is 0 Å². The molecule has 0 unspecified atom stereocenters. The van der Waals surface area contributed by atoms with Crippen molar-refractivity contribution in [3.63, 3.8) is 0 Å². The molecule has 0 aliphatic carbocycles. The normalized spacial score (nSPS) is 10.5. The first kappa shape index (κ1) is 7.09. The molecule has 0 saturated carbocycles. The highest BCUT2D eigenvalue weighted by atomic mass is 16.5. The van der Waals surface area contributed by atoms with Gasteiger partial charge in [-0.1, -0.05) is 0 Å².